The average Bonchev–Trinajstić information content (AvgIpc) is 3.02. The van der Waals surface area contributed by atoms with Crippen LogP contribution in [0.1, 0.15) is 16.6 Å². The number of esters is 1. The summed E-state index contributed by atoms with van der Waals surface area (Å²) in [6.45, 7) is 1.83. The molecule has 0 atom stereocenters. The standard InChI is InChI=1S/C19H15ClN2O4S2/c1-2-26-19(23)16-15(21)17-18(27-16)22(12-6-4-3-5-7-12)13-9-8-11(20)10-14(13)28(17,24)25/h3-10H,2,21H2,1H3. The van der Waals surface area contributed by atoms with Crippen molar-refractivity contribution >= 4 is 60.8 Å². The Balaban J connectivity index is 2.06. The van der Waals surface area contributed by atoms with Gasteiger partial charge >= 0.3 is 5.97 Å². The summed E-state index contributed by atoms with van der Waals surface area (Å²) in [4.78, 5) is 14.1. The van der Waals surface area contributed by atoms with Gasteiger partial charge in [-0.1, -0.05) is 29.8 Å². The van der Waals surface area contributed by atoms with Gasteiger partial charge in [0.2, 0.25) is 9.84 Å². The van der Waals surface area contributed by atoms with E-state index in [1.807, 2.05) is 30.3 Å². The molecule has 144 valence electrons. The summed E-state index contributed by atoms with van der Waals surface area (Å²) < 4.78 is 31.7. The number of sulfone groups is 1. The van der Waals surface area contributed by atoms with Crippen LogP contribution in [-0.2, 0) is 14.6 Å². The lowest BCUT2D eigenvalue weighted by Gasteiger charge is -2.30. The fraction of sp³-hybridized carbons (Fsp3) is 0.105. The van der Waals surface area contributed by atoms with Gasteiger partial charge < -0.3 is 10.5 Å². The summed E-state index contributed by atoms with van der Waals surface area (Å²) in [6, 6.07) is 13.9. The number of thiophene rings is 1. The van der Waals surface area contributed by atoms with Crippen molar-refractivity contribution < 1.29 is 17.9 Å². The van der Waals surface area contributed by atoms with Gasteiger partial charge in [-0.05, 0) is 37.3 Å². The number of para-hydroxylation sites is 1. The van der Waals surface area contributed by atoms with Crippen LogP contribution in [0, 0.1) is 0 Å². The number of halogens is 1. The molecule has 2 aromatic carbocycles. The molecule has 4 rings (SSSR count). The second-order valence-electron chi connectivity index (χ2n) is 5.99. The van der Waals surface area contributed by atoms with Crippen molar-refractivity contribution in [2.45, 2.75) is 16.7 Å². The molecule has 3 aromatic rings. The summed E-state index contributed by atoms with van der Waals surface area (Å²) in [5.41, 5.74) is 7.21. The lowest BCUT2D eigenvalue weighted by Crippen LogP contribution is -2.21. The highest BCUT2D eigenvalue weighted by Crippen LogP contribution is 2.55. The van der Waals surface area contributed by atoms with Crippen molar-refractivity contribution in [3.63, 3.8) is 0 Å². The number of carbonyl (C=O) groups excluding carboxylic acids is 1. The lowest BCUT2D eigenvalue weighted by atomic mass is 10.2. The van der Waals surface area contributed by atoms with Crippen molar-refractivity contribution in [2.24, 2.45) is 0 Å². The van der Waals surface area contributed by atoms with Crippen LogP contribution in [-0.4, -0.2) is 21.0 Å². The number of hydrogen-bond acceptors (Lipinski definition) is 7. The Bertz CT molecular complexity index is 1190. The first kappa shape index (κ1) is 18.8. The Kier molecular flexibility index (Phi) is 4.57. The van der Waals surface area contributed by atoms with Gasteiger partial charge in [-0.3, -0.25) is 4.90 Å². The maximum Gasteiger partial charge on any atom is 0.350 e. The molecule has 1 aliphatic rings. The number of nitrogens with zero attached hydrogens (tertiary/aromatic N) is 1. The minimum Gasteiger partial charge on any atom is -0.462 e. The van der Waals surface area contributed by atoms with Crippen LogP contribution < -0.4 is 10.6 Å². The number of carbonyl (C=O) groups is 1. The smallest absolute Gasteiger partial charge is 0.350 e. The molecule has 0 saturated carbocycles. The molecule has 0 fully saturated rings. The second kappa shape index (κ2) is 6.80. The quantitative estimate of drug-likeness (QED) is 0.467. The van der Waals surface area contributed by atoms with Gasteiger partial charge in [0.25, 0.3) is 0 Å². The molecule has 0 unspecified atom stereocenters. The molecule has 9 heteroatoms. The fourth-order valence-corrected chi connectivity index (χ4v) is 6.56. The van der Waals surface area contributed by atoms with E-state index in [0.717, 1.165) is 17.0 Å². The van der Waals surface area contributed by atoms with Crippen LogP contribution in [0.5, 0.6) is 0 Å². The molecule has 2 N–H and O–H groups in total. The summed E-state index contributed by atoms with van der Waals surface area (Å²) in [7, 11) is -3.97. The largest absolute Gasteiger partial charge is 0.462 e. The van der Waals surface area contributed by atoms with Gasteiger partial charge in [0.05, 0.1) is 22.9 Å². The molecule has 6 nitrogen and oxygen atoms in total. The number of nitrogens with two attached hydrogens (primary N) is 1. The van der Waals surface area contributed by atoms with Crippen LogP contribution in [0.15, 0.2) is 58.3 Å². The zero-order valence-corrected chi connectivity index (χ0v) is 17.1. The topological polar surface area (TPSA) is 89.7 Å². The molecule has 0 radical (unpaired) electrons. The highest BCUT2D eigenvalue weighted by Gasteiger charge is 2.41. The number of nitrogen functional groups attached to an aromatic ring is 1. The van der Waals surface area contributed by atoms with Crippen LogP contribution in [0.4, 0.5) is 22.1 Å². The van der Waals surface area contributed by atoms with Gasteiger partial charge in [0, 0.05) is 10.7 Å². The average molecular weight is 435 g/mol. The van der Waals surface area contributed by atoms with Crippen LogP contribution in [0.25, 0.3) is 0 Å². The van der Waals surface area contributed by atoms with E-state index in [-0.39, 0.29) is 27.0 Å². The van der Waals surface area contributed by atoms with E-state index in [1.165, 1.54) is 6.07 Å². The van der Waals surface area contributed by atoms with Crippen molar-refractivity contribution in [2.75, 3.05) is 17.2 Å². The number of benzene rings is 2. The molecule has 0 aliphatic carbocycles. The first-order valence-electron chi connectivity index (χ1n) is 8.35. The van der Waals surface area contributed by atoms with Gasteiger partial charge in [0.15, 0.2) is 0 Å². The van der Waals surface area contributed by atoms with Crippen molar-refractivity contribution in [1.29, 1.82) is 0 Å². The highest BCUT2D eigenvalue weighted by atomic mass is 35.5. The number of fused-ring (bicyclic) bond motifs is 2. The highest BCUT2D eigenvalue weighted by molar-refractivity contribution is 7.92. The van der Waals surface area contributed by atoms with E-state index in [4.69, 9.17) is 22.1 Å². The van der Waals surface area contributed by atoms with E-state index in [9.17, 15) is 13.2 Å². The summed E-state index contributed by atoms with van der Waals surface area (Å²) in [5, 5.41) is 0.639. The molecule has 1 aromatic heterocycles. The summed E-state index contributed by atoms with van der Waals surface area (Å²) >= 11 is 7.07. The molecule has 2 heterocycles. The van der Waals surface area contributed by atoms with Crippen LogP contribution in [0.3, 0.4) is 0 Å². The Morgan fingerprint density at radius 1 is 1.21 bits per heavy atom. The zero-order chi connectivity index (χ0) is 20.1. The maximum atomic E-state index is 13.3. The number of hydrogen-bond donors (Lipinski definition) is 1. The van der Waals surface area contributed by atoms with Crippen molar-refractivity contribution in [3.8, 4) is 0 Å². The van der Waals surface area contributed by atoms with E-state index in [2.05, 4.69) is 0 Å². The van der Waals surface area contributed by atoms with Crippen molar-refractivity contribution in [3.05, 3.63) is 58.4 Å². The Morgan fingerprint density at radius 2 is 1.93 bits per heavy atom. The van der Waals surface area contributed by atoms with E-state index in [1.54, 1.807) is 24.0 Å². The normalized spacial score (nSPS) is 14.3. The lowest BCUT2D eigenvalue weighted by molar-refractivity contribution is 0.0533. The molecular weight excluding hydrogens is 420 g/mol. The summed E-state index contributed by atoms with van der Waals surface area (Å²) in [5.74, 6) is -0.648. The van der Waals surface area contributed by atoms with Crippen molar-refractivity contribution in [1.82, 2.24) is 0 Å². The number of rotatable bonds is 3. The Labute approximate surface area is 171 Å². The molecule has 1 aliphatic heterocycles. The van der Waals surface area contributed by atoms with Gasteiger partial charge in [-0.15, -0.1) is 11.3 Å². The van der Waals surface area contributed by atoms with Crippen LogP contribution in [0.2, 0.25) is 5.02 Å². The molecule has 0 spiro atoms. The number of ether oxygens (including phenoxy) is 1. The zero-order valence-electron chi connectivity index (χ0n) is 14.7. The van der Waals surface area contributed by atoms with E-state index >= 15 is 0 Å². The van der Waals surface area contributed by atoms with Gasteiger partial charge in [-0.25, -0.2) is 13.2 Å². The second-order valence-corrected chi connectivity index (χ2v) is 9.28. The Hall–Kier alpha value is -2.55. The van der Waals surface area contributed by atoms with Gasteiger partial charge in [-0.2, -0.15) is 0 Å². The first-order valence-corrected chi connectivity index (χ1v) is 11.0. The molecule has 0 saturated heterocycles. The minimum absolute atomic E-state index is 0.0382. The third kappa shape index (κ3) is 2.76. The predicted molar refractivity (Wildman–Crippen MR) is 110 cm³/mol. The first-order chi connectivity index (χ1) is 13.4. The minimum atomic E-state index is -3.97. The monoisotopic (exact) mass is 434 g/mol. The maximum absolute atomic E-state index is 13.3. The third-order valence-electron chi connectivity index (χ3n) is 4.28. The molecule has 28 heavy (non-hydrogen) atoms. The number of anilines is 4. The molecule has 0 bridgehead atoms. The SMILES string of the molecule is CCOC(=O)c1sc2c(c1N)S(=O)(=O)c1cc(Cl)ccc1N2c1ccccc1. The predicted octanol–water partition coefficient (Wildman–Crippen LogP) is 4.78. The Morgan fingerprint density at radius 3 is 2.61 bits per heavy atom. The molecular formula is C19H15ClN2O4S2. The molecule has 0 amide bonds. The van der Waals surface area contributed by atoms with Gasteiger partial charge in [0.1, 0.15) is 14.8 Å². The van der Waals surface area contributed by atoms with Crippen LogP contribution >= 0.6 is 22.9 Å². The third-order valence-corrected chi connectivity index (χ3v) is 7.67. The fourth-order valence-electron chi connectivity index (χ4n) is 3.11. The summed E-state index contributed by atoms with van der Waals surface area (Å²) in [6.07, 6.45) is 0. The van der Waals surface area contributed by atoms with E-state index in [0.29, 0.717) is 15.7 Å². The van der Waals surface area contributed by atoms with E-state index < -0.39 is 15.8 Å².